The summed E-state index contributed by atoms with van der Waals surface area (Å²) in [6, 6.07) is 12.5. The van der Waals surface area contributed by atoms with E-state index < -0.39 is 17.7 Å². The summed E-state index contributed by atoms with van der Waals surface area (Å²) in [7, 11) is 0. The largest absolute Gasteiger partial charge is 0.507 e. The van der Waals surface area contributed by atoms with Crippen molar-refractivity contribution in [1.82, 2.24) is 4.98 Å². The van der Waals surface area contributed by atoms with Gasteiger partial charge in [-0.2, -0.15) is 0 Å². The predicted octanol–water partition coefficient (Wildman–Crippen LogP) is 4.40. The number of rotatable bonds is 3. The summed E-state index contributed by atoms with van der Waals surface area (Å²) in [5.74, 6) is -0.854. The maximum Gasteiger partial charge on any atom is 0.300 e. The summed E-state index contributed by atoms with van der Waals surface area (Å²) in [6.45, 7) is 1.93. The van der Waals surface area contributed by atoms with Crippen molar-refractivity contribution in [3.8, 4) is 11.5 Å². The van der Waals surface area contributed by atoms with Gasteiger partial charge in [0.1, 0.15) is 5.76 Å². The topological polar surface area (TPSA) is 89.0 Å². The summed E-state index contributed by atoms with van der Waals surface area (Å²) in [5, 5.41) is 11.6. The number of ketones is 1. The second kappa shape index (κ2) is 7.69. The van der Waals surface area contributed by atoms with Gasteiger partial charge in [0.2, 0.25) is 6.79 Å². The van der Waals surface area contributed by atoms with Crippen molar-refractivity contribution in [2.75, 3.05) is 11.7 Å². The number of carbonyl (C=O) groups excluding carboxylic acids is 2. The van der Waals surface area contributed by atoms with E-state index in [-0.39, 0.29) is 18.1 Å². The van der Waals surface area contributed by atoms with Crippen LogP contribution in [0.1, 0.15) is 22.7 Å². The number of aromatic nitrogens is 1. The number of aliphatic hydroxyl groups is 1. The molecule has 0 bridgehead atoms. The molecule has 1 atom stereocenters. The minimum atomic E-state index is -0.859. The summed E-state index contributed by atoms with van der Waals surface area (Å²) >= 11 is 6.30. The fraction of sp³-hybridized carbons (Fsp3) is 0.125. The third-order valence-electron chi connectivity index (χ3n) is 5.55. The number of halogens is 1. The van der Waals surface area contributed by atoms with Gasteiger partial charge in [-0.3, -0.25) is 19.5 Å². The number of pyridine rings is 1. The number of hydrogen-bond acceptors (Lipinski definition) is 6. The molecule has 1 saturated heterocycles. The van der Waals surface area contributed by atoms with E-state index in [2.05, 4.69) is 4.98 Å². The number of aryl methyl sites for hydroxylation is 1. The van der Waals surface area contributed by atoms with E-state index in [1.165, 1.54) is 4.90 Å². The van der Waals surface area contributed by atoms with Crippen molar-refractivity contribution >= 4 is 34.7 Å². The Kier molecular flexibility index (Phi) is 4.83. The number of ether oxygens (including phenoxy) is 2. The van der Waals surface area contributed by atoms with Crippen LogP contribution in [0.25, 0.3) is 5.76 Å². The summed E-state index contributed by atoms with van der Waals surface area (Å²) in [4.78, 5) is 31.7. The lowest BCUT2D eigenvalue weighted by Crippen LogP contribution is -2.29. The molecule has 8 heteroatoms. The molecule has 0 radical (unpaired) electrons. The van der Waals surface area contributed by atoms with Gasteiger partial charge < -0.3 is 14.6 Å². The Morgan fingerprint density at radius 1 is 1.06 bits per heavy atom. The molecule has 7 nitrogen and oxygen atoms in total. The van der Waals surface area contributed by atoms with Gasteiger partial charge in [0, 0.05) is 28.7 Å². The Labute approximate surface area is 188 Å². The van der Waals surface area contributed by atoms with E-state index in [4.69, 9.17) is 21.1 Å². The molecule has 3 aromatic rings. The molecule has 2 aromatic carbocycles. The molecule has 1 N–H and O–H groups in total. The highest BCUT2D eigenvalue weighted by atomic mass is 35.5. The molecule has 160 valence electrons. The van der Waals surface area contributed by atoms with Crippen LogP contribution >= 0.6 is 11.6 Å². The van der Waals surface area contributed by atoms with Crippen LogP contribution in [0.15, 0.2) is 66.5 Å². The molecule has 0 spiro atoms. The Morgan fingerprint density at radius 2 is 1.81 bits per heavy atom. The molecule has 32 heavy (non-hydrogen) atoms. The molecule has 0 aliphatic carbocycles. The lowest BCUT2D eigenvalue weighted by Gasteiger charge is -2.25. The first-order valence-corrected chi connectivity index (χ1v) is 10.2. The fourth-order valence-corrected chi connectivity index (χ4v) is 4.07. The average Bonchev–Trinajstić information content (AvgIpc) is 3.38. The number of nitrogens with zero attached hydrogens (tertiary/aromatic N) is 2. The Morgan fingerprint density at radius 3 is 2.56 bits per heavy atom. The van der Waals surface area contributed by atoms with Gasteiger partial charge in [0.25, 0.3) is 11.7 Å². The highest BCUT2D eigenvalue weighted by Crippen LogP contribution is 2.43. The molecule has 1 unspecified atom stereocenters. The van der Waals surface area contributed by atoms with Crippen LogP contribution in [0.2, 0.25) is 5.02 Å². The molecule has 1 amide bonds. The average molecular weight is 449 g/mol. The predicted molar refractivity (Wildman–Crippen MR) is 118 cm³/mol. The number of amides is 1. The van der Waals surface area contributed by atoms with E-state index in [0.717, 1.165) is 5.56 Å². The van der Waals surface area contributed by atoms with Gasteiger partial charge in [-0.15, -0.1) is 0 Å². The maximum atomic E-state index is 13.2. The molecule has 1 aromatic heterocycles. The summed E-state index contributed by atoms with van der Waals surface area (Å²) < 4.78 is 10.7. The van der Waals surface area contributed by atoms with Gasteiger partial charge in [0.15, 0.2) is 11.5 Å². The number of fused-ring (bicyclic) bond motifs is 1. The molecule has 2 aliphatic heterocycles. The third-order valence-corrected chi connectivity index (χ3v) is 5.95. The SMILES string of the molecule is Cc1ccc(N2C(=O)C(=O)/C(=C(\O)c3ccc4c(c3)OCO4)C2c2ccncc2)cc1Cl. The molecular formula is C24H17ClN2O5. The normalized spacial score (nSPS) is 18.9. The number of Topliss-reactive ketones (excluding diaryl/α,β-unsaturated/α-hetero) is 1. The standard InChI is InChI=1S/C24H17ClN2O5/c1-13-2-4-16(11-17(13)25)27-21(14-6-8-26-9-7-14)20(23(29)24(27)30)22(28)15-3-5-18-19(10-15)32-12-31-18/h2-11,21,28H,12H2,1H3/b22-20-. The first-order chi connectivity index (χ1) is 15.5. The van der Waals surface area contributed by atoms with Gasteiger partial charge in [-0.05, 0) is 60.5 Å². The Balaban J connectivity index is 1.70. The minimum Gasteiger partial charge on any atom is -0.507 e. The lowest BCUT2D eigenvalue weighted by atomic mass is 9.95. The highest BCUT2D eigenvalue weighted by molar-refractivity contribution is 6.51. The molecule has 2 aliphatic rings. The molecular weight excluding hydrogens is 432 g/mol. The molecule has 3 heterocycles. The van der Waals surface area contributed by atoms with E-state index >= 15 is 0 Å². The highest BCUT2D eigenvalue weighted by Gasteiger charge is 2.47. The van der Waals surface area contributed by atoms with Crippen LogP contribution < -0.4 is 14.4 Å². The van der Waals surface area contributed by atoms with Crippen LogP contribution in [-0.2, 0) is 9.59 Å². The van der Waals surface area contributed by atoms with Crippen LogP contribution in [0.3, 0.4) is 0 Å². The van der Waals surface area contributed by atoms with Gasteiger partial charge in [0.05, 0.1) is 11.6 Å². The Bertz CT molecular complexity index is 1290. The zero-order valence-corrected chi connectivity index (χ0v) is 17.7. The zero-order valence-electron chi connectivity index (χ0n) is 16.9. The monoisotopic (exact) mass is 448 g/mol. The molecule has 0 saturated carbocycles. The van der Waals surface area contributed by atoms with Crippen molar-refractivity contribution in [3.63, 3.8) is 0 Å². The van der Waals surface area contributed by atoms with Gasteiger partial charge in [-0.25, -0.2) is 0 Å². The van der Waals surface area contributed by atoms with Crippen molar-refractivity contribution in [1.29, 1.82) is 0 Å². The number of anilines is 1. The second-order valence-corrected chi connectivity index (χ2v) is 7.86. The fourth-order valence-electron chi connectivity index (χ4n) is 3.89. The lowest BCUT2D eigenvalue weighted by molar-refractivity contribution is -0.132. The van der Waals surface area contributed by atoms with E-state index in [1.54, 1.807) is 60.9 Å². The van der Waals surface area contributed by atoms with E-state index in [1.807, 2.05) is 6.92 Å². The van der Waals surface area contributed by atoms with Crippen LogP contribution in [0, 0.1) is 6.92 Å². The maximum absolute atomic E-state index is 13.2. The number of benzene rings is 2. The Hall–Kier alpha value is -3.84. The number of carbonyl (C=O) groups is 2. The first kappa shape index (κ1) is 20.1. The minimum absolute atomic E-state index is 0.0308. The van der Waals surface area contributed by atoms with E-state index in [0.29, 0.717) is 33.3 Å². The van der Waals surface area contributed by atoms with Crippen LogP contribution in [-0.4, -0.2) is 28.6 Å². The zero-order chi connectivity index (χ0) is 22.4. The smallest absolute Gasteiger partial charge is 0.300 e. The third kappa shape index (κ3) is 3.18. The van der Waals surface area contributed by atoms with Crippen molar-refractivity contribution in [3.05, 3.63) is 88.2 Å². The number of hydrogen-bond donors (Lipinski definition) is 1. The van der Waals surface area contributed by atoms with E-state index in [9.17, 15) is 14.7 Å². The molecule has 5 rings (SSSR count). The quantitative estimate of drug-likeness (QED) is 0.363. The first-order valence-electron chi connectivity index (χ1n) is 9.83. The van der Waals surface area contributed by atoms with Crippen LogP contribution in [0.4, 0.5) is 5.69 Å². The number of aliphatic hydroxyl groups excluding tert-OH is 1. The second-order valence-electron chi connectivity index (χ2n) is 7.45. The van der Waals surface area contributed by atoms with Crippen molar-refractivity contribution < 1.29 is 24.2 Å². The summed E-state index contributed by atoms with van der Waals surface area (Å²) in [6.07, 6.45) is 3.14. The van der Waals surface area contributed by atoms with Crippen molar-refractivity contribution in [2.45, 2.75) is 13.0 Å². The summed E-state index contributed by atoms with van der Waals surface area (Å²) in [5.41, 5.74) is 2.23. The van der Waals surface area contributed by atoms with Crippen LogP contribution in [0.5, 0.6) is 11.5 Å². The van der Waals surface area contributed by atoms with Gasteiger partial charge >= 0.3 is 0 Å². The molecule has 1 fully saturated rings. The van der Waals surface area contributed by atoms with Crippen molar-refractivity contribution in [2.24, 2.45) is 0 Å². The van der Waals surface area contributed by atoms with Gasteiger partial charge in [-0.1, -0.05) is 17.7 Å².